The lowest BCUT2D eigenvalue weighted by molar-refractivity contribution is 0.112. The number of piperidine rings is 1. The Bertz CT molecular complexity index is 462. The number of nitrogens with one attached hydrogen (secondary N) is 1. The minimum Gasteiger partial charge on any atom is -0.492 e. The molecule has 3 heteroatoms. The minimum absolute atomic E-state index is 0.187. The normalized spacial score (nSPS) is 21.0. The highest BCUT2D eigenvalue weighted by Gasteiger charge is 2.42. The third-order valence-electron chi connectivity index (χ3n) is 4.20. The van der Waals surface area contributed by atoms with Gasteiger partial charge in [-0.2, -0.15) is 0 Å². The molecule has 1 N–H and O–H groups in total. The van der Waals surface area contributed by atoms with Crippen molar-refractivity contribution in [3.05, 3.63) is 28.8 Å². The molecule has 3 rings (SSSR count). The summed E-state index contributed by atoms with van der Waals surface area (Å²) in [6.45, 7) is 4.85. The van der Waals surface area contributed by atoms with Crippen LogP contribution in [0.2, 0.25) is 0 Å². The maximum atomic E-state index is 10.9. The lowest BCUT2D eigenvalue weighted by atomic mass is 9.74. The van der Waals surface area contributed by atoms with Gasteiger partial charge in [0, 0.05) is 22.1 Å². The number of ether oxygens (including phenoxy) is 1. The average Bonchev–Trinajstić information content (AvgIpc) is 2.71. The Balaban J connectivity index is 2.08. The number of rotatable bonds is 1. The van der Waals surface area contributed by atoms with Crippen molar-refractivity contribution >= 4 is 6.29 Å². The molecule has 0 bridgehead atoms. The number of hydrogen-bond donors (Lipinski definition) is 1. The first-order valence-electron chi connectivity index (χ1n) is 6.20. The van der Waals surface area contributed by atoms with Gasteiger partial charge >= 0.3 is 0 Å². The highest BCUT2D eigenvalue weighted by molar-refractivity contribution is 5.79. The van der Waals surface area contributed by atoms with Crippen molar-refractivity contribution in [1.82, 2.24) is 5.32 Å². The Labute approximate surface area is 101 Å². The predicted molar refractivity (Wildman–Crippen MR) is 65.8 cm³/mol. The van der Waals surface area contributed by atoms with Gasteiger partial charge in [-0.1, -0.05) is 12.1 Å². The molecule has 0 aromatic heterocycles. The molecule has 3 nitrogen and oxygen atoms in total. The zero-order valence-electron chi connectivity index (χ0n) is 10.1. The molecule has 1 aromatic rings. The van der Waals surface area contributed by atoms with Gasteiger partial charge in [-0.25, -0.2) is 0 Å². The third kappa shape index (κ3) is 1.49. The SMILES string of the molecule is Cc1c(C=O)ccc2c1OCC21CCNCC1. The molecule has 0 radical (unpaired) electrons. The molecule has 0 aliphatic carbocycles. The molecule has 2 aliphatic rings. The smallest absolute Gasteiger partial charge is 0.150 e. The Morgan fingerprint density at radius 3 is 2.82 bits per heavy atom. The van der Waals surface area contributed by atoms with E-state index in [1.807, 2.05) is 13.0 Å². The first-order valence-corrected chi connectivity index (χ1v) is 6.20. The molecule has 2 aliphatic heterocycles. The third-order valence-corrected chi connectivity index (χ3v) is 4.20. The van der Waals surface area contributed by atoms with E-state index in [1.54, 1.807) is 0 Å². The van der Waals surface area contributed by atoms with Gasteiger partial charge in [0.2, 0.25) is 0 Å². The van der Waals surface area contributed by atoms with E-state index in [1.165, 1.54) is 5.56 Å². The maximum Gasteiger partial charge on any atom is 0.150 e. The van der Waals surface area contributed by atoms with Crippen LogP contribution in [-0.4, -0.2) is 26.0 Å². The number of aldehydes is 1. The summed E-state index contributed by atoms with van der Waals surface area (Å²) in [7, 11) is 0. The summed E-state index contributed by atoms with van der Waals surface area (Å²) in [6.07, 6.45) is 3.16. The molecule has 90 valence electrons. The number of carbonyl (C=O) groups excluding carboxylic acids is 1. The van der Waals surface area contributed by atoms with E-state index in [-0.39, 0.29) is 5.41 Å². The Hall–Kier alpha value is -1.35. The van der Waals surface area contributed by atoms with E-state index in [0.717, 1.165) is 55.7 Å². The molecule has 1 aromatic carbocycles. The number of benzene rings is 1. The summed E-state index contributed by atoms with van der Waals surface area (Å²) < 4.78 is 5.88. The number of hydrogen-bond acceptors (Lipinski definition) is 3. The second kappa shape index (κ2) is 3.84. The van der Waals surface area contributed by atoms with Crippen LogP contribution in [-0.2, 0) is 5.41 Å². The van der Waals surface area contributed by atoms with Crippen LogP contribution in [0, 0.1) is 6.92 Å². The van der Waals surface area contributed by atoms with Crippen molar-refractivity contribution in [3.63, 3.8) is 0 Å². The van der Waals surface area contributed by atoms with E-state index in [9.17, 15) is 4.79 Å². The van der Waals surface area contributed by atoms with Gasteiger partial charge < -0.3 is 10.1 Å². The first-order chi connectivity index (χ1) is 8.27. The van der Waals surface area contributed by atoms with E-state index < -0.39 is 0 Å². The van der Waals surface area contributed by atoms with Crippen LogP contribution in [0.15, 0.2) is 12.1 Å². The first kappa shape index (κ1) is 10.8. The molecule has 0 unspecified atom stereocenters. The van der Waals surface area contributed by atoms with Crippen molar-refractivity contribution in [3.8, 4) is 5.75 Å². The number of fused-ring (bicyclic) bond motifs is 2. The van der Waals surface area contributed by atoms with Gasteiger partial charge in [-0.05, 0) is 32.9 Å². The van der Waals surface area contributed by atoms with Crippen LogP contribution in [0.25, 0.3) is 0 Å². The fraction of sp³-hybridized carbons (Fsp3) is 0.500. The topological polar surface area (TPSA) is 38.3 Å². The molecule has 1 spiro atoms. The van der Waals surface area contributed by atoms with Crippen LogP contribution in [0.1, 0.15) is 34.3 Å². The fourth-order valence-corrected chi connectivity index (χ4v) is 3.05. The van der Waals surface area contributed by atoms with Crippen molar-refractivity contribution < 1.29 is 9.53 Å². The maximum absolute atomic E-state index is 10.9. The Morgan fingerprint density at radius 1 is 1.35 bits per heavy atom. The summed E-state index contributed by atoms with van der Waals surface area (Å²) in [5.41, 5.74) is 3.23. The second-order valence-corrected chi connectivity index (χ2v) is 5.09. The molecule has 0 atom stereocenters. The van der Waals surface area contributed by atoms with Crippen LogP contribution in [0.4, 0.5) is 0 Å². The minimum atomic E-state index is 0.187. The van der Waals surface area contributed by atoms with Crippen LogP contribution >= 0.6 is 0 Å². The number of carbonyl (C=O) groups is 1. The molecule has 0 saturated carbocycles. The van der Waals surface area contributed by atoms with Gasteiger partial charge in [-0.15, -0.1) is 0 Å². The molecular formula is C14H17NO2. The standard InChI is InChI=1S/C14H17NO2/c1-10-11(8-16)2-3-12-13(10)17-9-14(12)4-6-15-7-5-14/h2-3,8,15H,4-7,9H2,1H3. The van der Waals surface area contributed by atoms with E-state index in [2.05, 4.69) is 11.4 Å². The van der Waals surface area contributed by atoms with Gasteiger partial charge in [0.1, 0.15) is 12.0 Å². The summed E-state index contributed by atoms with van der Waals surface area (Å²) in [6, 6.07) is 4.02. The molecular weight excluding hydrogens is 214 g/mol. The molecule has 1 fully saturated rings. The zero-order valence-corrected chi connectivity index (χ0v) is 10.1. The summed E-state index contributed by atoms with van der Waals surface area (Å²) in [5, 5.41) is 3.39. The van der Waals surface area contributed by atoms with Crippen molar-refractivity contribution in [2.24, 2.45) is 0 Å². The van der Waals surface area contributed by atoms with Gasteiger partial charge in [-0.3, -0.25) is 4.79 Å². The highest BCUT2D eigenvalue weighted by Crippen LogP contribution is 2.46. The molecule has 2 heterocycles. The van der Waals surface area contributed by atoms with E-state index >= 15 is 0 Å². The van der Waals surface area contributed by atoms with Gasteiger partial charge in [0.05, 0.1) is 6.61 Å². The van der Waals surface area contributed by atoms with Gasteiger partial charge in [0.15, 0.2) is 0 Å². The Kier molecular flexibility index (Phi) is 2.44. The lowest BCUT2D eigenvalue weighted by Crippen LogP contribution is -2.40. The monoisotopic (exact) mass is 231 g/mol. The second-order valence-electron chi connectivity index (χ2n) is 5.09. The average molecular weight is 231 g/mol. The molecule has 0 amide bonds. The van der Waals surface area contributed by atoms with Crippen LogP contribution < -0.4 is 10.1 Å². The van der Waals surface area contributed by atoms with E-state index in [0.29, 0.717) is 0 Å². The predicted octanol–water partition coefficient (Wildman–Crippen LogP) is 1.82. The van der Waals surface area contributed by atoms with Crippen molar-refractivity contribution in [2.45, 2.75) is 25.2 Å². The van der Waals surface area contributed by atoms with Gasteiger partial charge in [0.25, 0.3) is 0 Å². The zero-order chi connectivity index (χ0) is 11.9. The van der Waals surface area contributed by atoms with Crippen molar-refractivity contribution in [1.29, 1.82) is 0 Å². The summed E-state index contributed by atoms with van der Waals surface area (Å²) in [5.74, 6) is 0.955. The summed E-state index contributed by atoms with van der Waals surface area (Å²) in [4.78, 5) is 10.9. The van der Waals surface area contributed by atoms with Crippen molar-refractivity contribution in [2.75, 3.05) is 19.7 Å². The largest absolute Gasteiger partial charge is 0.492 e. The molecule has 1 saturated heterocycles. The van der Waals surface area contributed by atoms with E-state index in [4.69, 9.17) is 4.74 Å². The van der Waals surface area contributed by atoms with Crippen LogP contribution in [0.3, 0.4) is 0 Å². The fourth-order valence-electron chi connectivity index (χ4n) is 3.05. The van der Waals surface area contributed by atoms with Crippen LogP contribution in [0.5, 0.6) is 5.75 Å². The molecule has 17 heavy (non-hydrogen) atoms. The lowest BCUT2D eigenvalue weighted by Gasteiger charge is -2.32. The quantitative estimate of drug-likeness (QED) is 0.749. The Morgan fingerprint density at radius 2 is 2.12 bits per heavy atom. The highest BCUT2D eigenvalue weighted by atomic mass is 16.5. The summed E-state index contributed by atoms with van der Waals surface area (Å²) >= 11 is 0.